The third-order valence-electron chi connectivity index (χ3n) is 5.34. The Hall–Kier alpha value is -0.580. The molecule has 0 aromatic carbocycles. The Morgan fingerprint density at radius 3 is 2.40 bits per heavy atom. The van der Waals surface area contributed by atoms with Crippen molar-refractivity contribution in [3.63, 3.8) is 0 Å². The maximum absolute atomic E-state index is 12.1. The van der Waals surface area contributed by atoms with E-state index < -0.39 is 12.0 Å². The van der Waals surface area contributed by atoms with Crippen LogP contribution in [0.3, 0.4) is 0 Å². The first-order valence-corrected chi connectivity index (χ1v) is 8.26. The van der Waals surface area contributed by atoms with Crippen molar-refractivity contribution in [1.29, 1.82) is 0 Å². The molecule has 4 aliphatic carbocycles. The van der Waals surface area contributed by atoms with Crippen molar-refractivity contribution in [2.75, 3.05) is 0 Å². The molecule has 0 aromatic heterocycles. The van der Waals surface area contributed by atoms with E-state index in [4.69, 9.17) is 10.5 Å². The standard InChI is InChI=1S/C15H22BrNO3/c1-9(13(17)19)20-12(18)7-14-3-10-2-11(4-14)6-15(16,5-10)8-14/h9-11H,2-8H2,1H3,(H2,17,19)/t9-,10-,11+,14?,15?/m0/s1. The molecule has 1 amide bonds. The van der Waals surface area contributed by atoms with Crippen LogP contribution in [-0.2, 0) is 14.3 Å². The van der Waals surface area contributed by atoms with Gasteiger partial charge >= 0.3 is 5.97 Å². The molecule has 5 atom stereocenters. The Bertz CT molecular complexity index is 436. The number of rotatable bonds is 4. The highest BCUT2D eigenvalue weighted by molar-refractivity contribution is 9.10. The summed E-state index contributed by atoms with van der Waals surface area (Å²) in [6.45, 7) is 1.53. The molecule has 4 fully saturated rings. The van der Waals surface area contributed by atoms with Crippen molar-refractivity contribution in [2.45, 2.75) is 62.3 Å². The van der Waals surface area contributed by atoms with Gasteiger partial charge in [0.15, 0.2) is 6.10 Å². The van der Waals surface area contributed by atoms with Crippen molar-refractivity contribution in [3.8, 4) is 0 Å². The molecule has 4 rings (SSSR count). The zero-order valence-electron chi connectivity index (χ0n) is 11.9. The second kappa shape index (κ2) is 4.72. The van der Waals surface area contributed by atoms with E-state index in [9.17, 15) is 9.59 Å². The van der Waals surface area contributed by atoms with E-state index in [-0.39, 0.29) is 15.7 Å². The molecule has 2 N–H and O–H groups in total. The monoisotopic (exact) mass is 343 g/mol. The summed E-state index contributed by atoms with van der Waals surface area (Å²) in [6, 6.07) is 0. The zero-order valence-corrected chi connectivity index (χ0v) is 13.4. The van der Waals surface area contributed by atoms with Crippen LogP contribution in [0.5, 0.6) is 0 Å². The Labute approximate surface area is 127 Å². The van der Waals surface area contributed by atoms with Crippen molar-refractivity contribution in [3.05, 3.63) is 0 Å². The number of hydrogen-bond acceptors (Lipinski definition) is 3. The van der Waals surface area contributed by atoms with Crippen LogP contribution < -0.4 is 5.73 Å². The lowest BCUT2D eigenvalue weighted by atomic mass is 9.49. The van der Waals surface area contributed by atoms with E-state index in [1.165, 1.54) is 26.2 Å². The Kier molecular flexibility index (Phi) is 3.39. The van der Waals surface area contributed by atoms with Crippen LogP contribution in [0, 0.1) is 17.3 Å². The quantitative estimate of drug-likeness (QED) is 0.629. The van der Waals surface area contributed by atoms with Gasteiger partial charge < -0.3 is 10.5 Å². The molecular formula is C15H22BrNO3. The summed E-state index contributed by atoms with van der Waals surface area (Å²) in [5.74, 6) is 0.643. The summed E-state index contributed by atoms with van der Waals surface area (Å²) >= 11 is 3.93. The highest BCUT2D eigenvalue weighted by Gasteiger charge is 2.57. The van der Waals surface area contributed by atoms with Gasteiger partial charge in [-0.1, -0.05) is 15.9 Å². The molecule has 0 spiro atoms. The van der Waals surface area contributed by atoms with Crippen LogP contribution >= 0.6 is 15.9 Å². The van der Waals surface area contributed by atoms with Gasteiger partial charge in [0.25, 0.3) is 5.91 Å². The van der Waals surface area contributed by atoms with Gasteiger partial charge in [0.2, 0.25) is 0 Å². The van der Waals surface area contributed by atoms with Gasteiger partial charge in [-0.05, 0) is 62.7 Å². The van der Waals surface area contributed by atoms with Gasteiger partial charge in [-0.3, -0.25) is 9.59 Å². The normalized spacial score (nSPS) is 43.3. The molecule has 0 radical (unpaired) electrons. The Morgan fingerprint density at radius 2 is 1.90 bits per heavy atom. The number of halogens is 1. The summed E-state index contributed by atoms with van der Waals surface area (Å²) < 4.78 is 5.40. The second-order valence-electron chi connectivity index (χ2n) is 7.32. The fourth-order valence-corrected chi connectivity index (χ4v) is 6.66. The lowest BCUT2D eigenvalue weighted by Gasteiger charge is -2.60. The number of carbonyl (C=O) groups excluding carboxylic acids is 2. The largest absolute Gasteiger partial charge is 0.453 e. The molecule has 0 aliphatic heterocycles. The minimum atomic E-state index is -0.825. The first kappa shape index (κ1) is 14.4. The van der Waals surface area contributed by atoms with Gasteiger partial charge in [-0.2, -0.15) is 0 Å². The SMILES string of the molecule is C[C@H](OC(=O)CC12C[C@@H]3C[C@@H](CC(Br)(C3)C1)C2)C(N)=O. The number of ether oxygens (including phenoxy) is 1. The minimum Gasteiger partial charge on any atom is -0.453 e. The minimum absolute atomic E-state index is 0.0854. The lowest BCUT2D eigenvalue weighted by Crippen LogP contribution is -2.53. The number of amides is 1. The van der Waals surface area contributed by atoms with Gasteiger partial charge in [0, 0.05) is 4.32 Å². The van der Waals surface area contributed by atoms with Crippen molar-refractivity contribution >= 4 is 27.8 Å². The summed E-state index contributed by atoms with van der Waals surface area (Å²) in [7, 11) is 0. The average molecular weight is 344 g/mol. The van der Waals surface area contributed by atoms with Crippen molar-refractivity contribution < 1.29 is 14.3 Å². The molecular weight excluding hydrogens is 322 g/mol. The fraction of sp³-hybridized carbons (Fsp3) is 0.867. The molecule has 2 unspecified atom stereocenters. The van der Waals surface area contributed by atoms with Crippen LogP contribution in [-0.4, -0.2) is 22.3 Å². The topological polar surface area (TPSA) is 69.4 Å². The molecule has 112 valence electrons. The molecule has 0 heterocycles. The van der Waals surface area contributed by atoms with Crippen molar-refractivity contribution in [2.24, 2.45) is 23.0 Å². The van der Waals surface area contributed by atoms with E-state index in [2.05, 4.69) is 15.9 Å². The summed E-state index contributed by atoms with van der Waals surface area (Å²) in [6.07, 6.45) is 6.76. The maximum Gasteiger partial charge on any atom is 0.307 e. The lowest BCUT2D eigenvalue weighted by molar-refractivity contribution is -0.159. The van der Waals surface area contributed by atoms with Crippen LogP contribution in [0.2, 0.25) is 0 Å². The number of carbonyl (C=O) groups is 2. The zero-order chi connectivity index (χ0) is 14.5. The molecule has 0 saturated heterocycles. The molecule has 4 bridgehead atoms. The van der Waals surface area contributed by atoms with Gasteiger partial charge in [-0.25, -0.2) is 0 Å². The second-order valence-corrected chi connectivity index (χ2v) is 9.01. The smallest absolute Gasteiger partial charge is 0.307 e. The molecule has 4 aliphatic rings. The van der Waals surface area contributed by atoms with Crippen LogP contribution in [0.1, 0.15) is 51.9 Å². The number of primary amides is 1. The average Bonchev–Trinajstić information content (AvgIpc) is 2.23. The first-order chi connectivity index (χ1) is 9.29. The van der Waals surface area contributed by atoms with Gasteiger partial charge in [-0.15, -0.1) is 0 Å². The first-order valence-electron chi connectivity index (χ1n) is 7.47. The van der Waals surface area contributed by atoms with Gasteiger partial charge in [0.1, 0.15) is 0 Å². The number of hydrogen-bond donors (Lipinski definition) is 1. The highest BCUT2D eigenvalue weighted by Crippen LogP contribution is 2.65. The summed E-state index contributed by atoms with van der Waals surface area (Å²) in [4.78, 5) is 23.1. The fourth-order valence-electron chi connectivity index (χ4n) is 5.15. The van der Waals surface area contributed by atoms with Crippen LogP contribution in [0.25, 0.3) is 0 Å². The molecule has 4 nitrogen and oxygen atoms in total. The predicted octanol–water partition coefficient (Wildman–Crippen LogP) is 2.53. The Morgan fingerprint density at radius 1 is 1.30 bits per heavy atom. The molecule has 0 aromatic rings. The number of esters is 1. The van der Waals surface area contributed by atoms with Crippen molar-refractivity contribution in [1.82, 2.24) is 0 Å². The molecule has 20 heavy (non-hydrogen) atoms. The van der Waals surface area contributed by atoms with Gasteiger partial charge in [0.05, 0.1) is 6.42 Å². The van der Waals surface area contributed by atoms with E-state index in [1.54, 1.807) is 0 Å². The van der Waals surface area contributed by atoms with E-state index in [1.807, 2.05) is 0 Å². The number of alkyl halides is 1. The third kappa shape index (κ3) is 2.61. The van der Waals surface area contributed by atoms with E-state index in [0.29, 0.717) is 6.42 Å². The summed E-state index contributed by atoms with van der Waals surface area (Å²) in [5.41, 5.74) is 5.23. The Balaban J connectivity index is 1.68. The van der Waals surface area contributed by atoms with Crippen LogP contribution in [0.15, 0.2) is 0 Å². The summed E-state index contributed by atoms with van der Waals surface area (Å²) in [5, 5.41) is 0. The third-order valence-corrected chi connectivity index (χ3v) is 6.27. The number of nitrogens with two attached hydrogens (primary N) is 1. The predicted molar refractivity (Wildman–Crippen MR) is 78.1 cm³/mol. The highest BCUT2D eigenvalue weighted by atomic mass is 79.9. The van der Waals surface area contributed by atoms with E-state index in [0.717, 1.165) is 31.1 Å². The maximum atomic E-state index is 12.1. The molecule has 4 saturated carbocycles. The molecule has 5 heteroatoms. The van der Waals surface area contributed by atoms with Crippen LogP contribution in [0.4, 0.5) is 0 Å². The van der Waals surface area contributed by atoms with E-state index >= 15 is 0 Å².